The van der Waals surface area contributed by atoms with Gasteiger partial charge in [-0.05, 0) is 0 Å². The lowest BCUT2D eigenvalue weighted by Gasteiger charge is -2.27. The number of carbonyl (C=O) groups is 1. The molecule has 0 aliphatic carbocycles. The van der Waals surface area contributed by atoms with Gasteiger partial charge in [0, 0.05) is 11.1 Å². The van der Waals surface area contributed by atoms with Crippen molar-refractivity contribution in [2.24, 2.45) is 5.73 Å². The monoisotopic (exact) mass is 243 g/mol. The molecule has 4 heteroatoms. The van der Waals surface area contributed by atoms with Crippen molar-refractivity contribution in [1.29, 1.82) is 0 Å². The number of rotatable bonds is 3. The minimum absolute atomic E-state index is 0.440. The summed E-state index contributed by atoms with van der Waals surface area (Å²) in [6.45, 7) is 0. The lowest BCUT2D eigenvalue weighted by molar-refractivity contribution is -0.133. The number of hydrogen-bond acceptors (Lipinski definition) is 3. The van der Waals surface area contributed by atoms with Gasteiger partial charge in [0.1, 0.15) is 0 Å². The normalized spacial score (nSPS) is 10.9. The SMILES string of the molecule is NC(=O)OC(O)(c1ccccc1)c1ccccc1. The lowest BCUT2D eigenvalue weighted by Crippen LogP contribution is -2.35. The molecule has 0 saturated carbocycles. The molecule has 18 heavy (non-hydrogen) atoms. The van der Waals surface area contributed by atoms with Crippen molar-refractivity contribution in [1.82, 2.24) is 0 Å². The molecule has 2 aromatic rings. The molecular weight excluding hydrogens is 230 g/mol. The Morgan fingerprint density at radius 1 is 0.944 bits per heavy atom. The third kappa shape index (κ3) is 2.33. The van der Waals surface area contributed by atoms with Crippen molar-refractivity contribution in [3.63, 3.8) is 0 Å². The van der Waals surface area contributed by atoms with Gasteiger partial charge in [-0.25, -0.2) is 4.79 Å². The molecule has 2 aromatic carbocycles. The second-order valence-electron chi connectivity index (χ2n) is 3.80. The highest BCUT2D eigenvalue weighted by molar-refractivity contribution is 5.66. The number of benzene rings is 2. The Hall–Kier alpha value is -2.33. The highest BCUT2D eigenvalue weighted by Gasteiger charge is 2.35. The van der Waals surface area contributed by atoms with Crippen molar-refractivity contribution >= 4 is 6.09 Å². The summed E-state index contributed by atoms with van der Waals surface area (Å²) in [6, 6.07) is 17.2. The first kappa shape index (κ1) is 12.1. The van der Waals surface area contributed by atoms with Gasteiger partial charge >= 0.3 is 6.09 Å². The summed E-state index contributed by atoms with van der Waals surface area (Å²) in [5.74, 6) is -1.87. The molecule has 0 saturated heterocycles. The average molecular weight is 243 g/mol. The molecule has 4 nitrogen and oxygen atoms in total. The van der Waals surface area contributed by atoms with Crippen LogP contribution in [0.3, 0.4) is 0 Å². The van der Waals surface area contributed by atoms with Gasteiger partial charge in [0.25, 0.3) is 5.79 Å². The predicted molar refractivity (Wildman–Crippen MR) is 66.6 cm³/mol. The number of hydrogen-bond donors (Lipinski definition) is 2. The zero-order valence-electron chi connectivity index (χ0n) is 9.61. The molecule has 0 heterocycles. The van der Waals surface area contributed by atoms with Crippen LogP contribution in [0.4, 0.5) is 4.79 Å². The van der Waals surface area contributed by atoms with Gasteiger partial charge in [-0.3, -0.25) is 0 Å². The molecule has 1 amide bonds. The van der Waals surface area contributed by atoms with E-state index in [1.807, 2.05) is 0 Å². The standard InChI is InChI=1S/C14H13NO3/c15-13(16)18-14(17,11-7-3-1-4-8-11)12-9-5-2-6-10-12/h1-10,17H,(H2,15,16). The fourth-order valence-electron chi connectivity index (χ4n) is 1.76. The Kier molecular flexibility index (Phi) is 3.30. The summed E-state index contributed by atoms with van der Waals surface area (Å²) in [5, 5.41) is 10.6. The van der Waals surface area contributed by atoms with E-state index >= 15 is 0 Å². The summed E-state index contributed by atoms with van der Waals surface area (Å²) in [6.07, 6.45) is -1.04. The average Bonchev–Trinajstić information content (AvgIpc) is 2.40. The van der Waals surface area contributed by atoms with E-state index in [2.05, 4.69) is 0 Å². The third-order valence-electron chi connectivity index (χ3n) is 2.58. The Bertz CT molecular complexity index is 486. The molecule has 0 aliphatic heterocycles. The lowest BCUT2D eigenvalue weighted by atomic mass is 9.97. The van der Waals surface area contributed by atoms with Crippen molar-refractivity contribution in [3.05, 3.63) is 71.8 Å². The quantitative estimate of drug-likeness (QED) is 0.809. The molecule has 2 rings (SSSR count). The van der Waals surface area contributed by atoms with Crippen LogP contribution < -0.4 is 5.73 Å². The van der Waals surface area contributed by atoms with E-state index in [4.69, 9.17) is 10.5 Å². The fraction of sp³-hybridized carbons (Fsp3) is 0.0714. The van der Waals surface area contributed by atoms with Crippen LogP contribution in [0.15, 0.2) is 60.7 Å². The second kappa shape index (κ2) is 4.89. The van der Waals surface area contributed by atoms with Crippen molar-refractivity contribution in [2.75, 3.05) is 0 Å². The van der Waals surface area contributed by atoms with Gasteiger partial charge in [0.15, 0.2) is 0 Å². The molecule has 0 radical (unpaired) electrons. The van der Waals surface area contributed by atoms with Crippen molar-refractivity contribution < 1.29 is 14.6 Å². The van der Waals surface area contributed by atoms with E-state index in [1.54, 1.807) is 60.7 Å². The summed E-state index contributed by atoms with van der Waals surface area (Å²) < 4.78 is 4.90. The molecule has 3 N–H and O–H groups in total. The first-order valence-electron chi connectivity index (χ1n) is 5.45. The maximum Gasteiger partial charge on any atom is 0.407 e. The van der Waals surface area contributed by atoms with Gasteiger partial charge in [-0.2, -0.15) is 0 Å². The summed E-state index contributed by atoms with van der Waals surface area (Å²) in [5.41, 5.74) is 5.91. The van der Waals surface area contributed by atoms with Gasteiger partial charge in [-0.1, -0.05) is 60.7 Å². The zero-order chi connectivity index (χ0) is 13.0. The van der Waals surface area contributed by atoms with E-state index in [0.717, 1.165) is 0 Å². The fourth-order valence-corrected chi connectivity index (χ4v) is 1.76. The number of aliphatic hydroxyl groups is 1. The molecule has 0 unspecified atom stereocenters. The van der Waals surface area contributed by atoms with Crippen LogP contribution in [-0.2, 0) is 10.5 Å². The minimum Gasteiger partial charge on any atom is -0.408 e. The first-order valence-corrected chi connectivity index (χ1v) is 5.45. The molecule has 0 aromatic heterocycles. The van der Waals surface area contributed by atoms with Crippen LogP contribution in [0.1, 0.15) is 11.1 Å². The topological polar surface area (TPSA) is 72.6 Å². The molecule has 0 fully saturated rings. The molecule has 0 spiro atoms. The first-order chi connectivity index (χ1) is 8.63. The van der Waals surface area contributed by atoms with Crippen LogP contribution >= 0.6 is 0 Å². The Labute approximate surface area is 105 Å². The molecular formula is C14H13NO3. The van der Waals surface area contributed by atoms with E-state index in [9.17, 15) is 9.90 Å². The van der Waals surface area contributed by atoms with Gasteiger partial charge in [-0.15, -0.1) is 0 Å². The van der Waals surface area contributed by atoms with E-state index in [1.165, 1.54) is 0 Å². The second-order valence-corrected chi connectivity index (χ2v) is 3.80. The van der Waals surface area contributed by atoms with Crippen molar-refractivity contribution in [2.45, 2.75) is 5.79 Å². The van der Waals surface area contributed by atoms with E-state index in [-0.39, 0.29) is 0 Å². The maximum absolute atomic E-state index is 11.0. The van der Waals surface area contributed by atoms with Crippen LogP contribution in [0.25, 0.3) is 0 Å². The number of amides is 1. The zero-order valence-corrected chi connectivity index (χ0v) is 9.61. The van der Waals surface area contributed by atoms with E-state index < -0.39 is 11.9 Å². The largest absolute Gasteiger partial charge is 0.408 e. The minimum atomic E-state index is -1.87. The molecule has 0 atom stereocenters. The summed E-state index contributed by atoms with van der Waals surface area (Å²) in [4.78, 5) is 11.0. The summed E-state index contributed by atoms with van der Waals surface area (Å²) >= 11 is 0. The van der Waals surface area contributed by atoms with Crippen molar-refractivity contribution in [3.8, 4) is 0 Å². The number of nitrogens with two attached hydrogens (primary N) is 1. The highest BCUT2D eigenvalue weighted by Crippen LogP contribution is 2.30. The maximum atomic E-state index is 11.0. The number of primary amides is 1. The molecule has 92 valence electrons. The van der Waals surface area contributed by atoms with Gasteiger partial charge < -0.3 is 15.6 Å². The highest BCUT2D eigenvalue weighted by atomic mass is 16.7. The Balaban J connectivity index is 2.51. The Morgan fingerprint density at radius 3 is 1.67 bits per heavy atom. The van der Waals surface area contributed by atoms with Crippen LogP contribution in [0, 0.1) is 0 Å². The van der Waals surface area contributed by atoms with Gasteiger partial charge in [0.05, 0.1) is 0 Å². The summed E-state index contributed by atoms with van der Waals surface area (Å²) in [7, 11) is 0. The van der Waals surface area contributed by atoms with Crippen LogP contribution in [0.2, 0.25) is 0 Å². The molecule has 0 aliphatic rings. The third-order valence-corrected chi connectivity index (χ3v) is 2.58. The Morgan fingerprint density at radius 2 is 1.33 bits per heavy atom. The van der Waals surface area contributed by atoms with Gasteiger partial charge in [0.2, 0.25) is 0 Å². The number of carbonyl (C=O) groups excluding carboxylic acids is 1. The number of ether oxygens (including phenoxy) is 1. The van der Waals surface area contributed by atoms with E-state index in [0.29, 0.717) is 11.1 Å². The van der Waals surface area contributed by atoms with Crippen LogP contribution in [-0.4, -0.2) is 11.2 Å². The molecule has 0 bridgehead atoms. The smallest absolute Gasteiger partial charge is 0.407 e. The predicted octanol–water partition coefficient (Wildman–Crippen LogP) is 1.98. The van der Waals surface area contributed by atoms with Crippen LogP contribution in [0.5, 0.6) is 0 Å².